The number of nitro groups is 1. The van der Waals surface area contributed by atoms with Crippen molar-refractivity contribution >= 4 is 11.7 Å². The van der Waals surface area contributed by atoms with Gasteiger partial charge in [-0.25, -0.2) is 4.79 Å². The molecule has 1 aromatic carbocycles. The van der Waals surface area contributed by atoms with Crippen molar-refractivity contribution in [3.05, 3.63) is 81.3 Å². The molecule has 8 nitrogen and oxygen atoms in total. The summed E-state index contributed by atoms with van der Waals surface area (Å²) in [6.07, 6.45) is 3.63. The first-order chi connectivity index (χ1) is 14.4. The number of dihydropyridines is 1. The highest BCUT2D eigenvalue weighted by Crippen LogP contribution is 2.33. The number of ether oxygens (including phenoxy) is 2. The lowest BCUT2D eigenvalue weighted by Gasteiger charge is -2.25. The average molecular weight is 409 g/mol. The fourth-order valence-electron chi connectivity index (χ4n) is 3.35. The molecular formula is C22H23N3O5. The fraction of sp³-hybridized carbons (Fsp3) is 0.273. The highest BCUT2D eigenvalue weighted by molar-refractivity contribution is 5.92. The van der Waals surface area contributed by atoms with Crippen LogP contribution in [0.5, 0.6) is 0 Å². The Kier molecular flexibility index (Phi) is 6.58. The first-order valence-electron chi connectivity index (χ1n) is 9.43. The quantitative estimate of drug-likeness (QED) is 0.322. The second-order valence-corrected chi connectivity index (χ2v) is 6.90. The van der Waals surface area contributed by atoms with Crippen molar-refractivity contribution in [1.82, 2.24) is 10.3 Å². The zero-order valence-electron chi connectivity index (χ0n) is 17.0. The standard InChI is InChI=1S/C22H23N3O5/c1-14-11-19(21(15(2)24-14)22(26)30-10-9-29-3)17-7-8-20(23-13-17)16-5-4-6-18(12-16)25(27)28/h4-8,11-13,19,24H,9-10H2,1-3H3. The third-order valence-electron chi connectivity index (χ3n) is 4.76. The summed E-state index contributed by atoms with van der Waals surface area (Å²) in [4.78, 5) is 27.7. The zero-order valence-corrected chi connectivity index (χ0v) is 17.0. The van der Waals surface area contributed by atoms with Gasteiger partial charge in [-0.15, -0.1) is 0 Å². The van der Waals surface area contributed by atoms with E-state index in [-0.39, 0.29) is 18.2 Å². The molecular weight excluding hydrogens is 386 g/mol. The van der Waals surface area contributed by atoms with Gasteiger partial charge >= 0.3 is 5.97 Å². The van der Waals surface area contributed by atoms with Crippen molar-refractivity contribution < 1.29 is 19.2 Å². The van der Waals surface area contributed by atoms with Crippen LogP contribution in [0.2, 0.25) is 0 Å². The number of hydrogen-bond donors (Lipinski definition) is 1. The van der Waals surface area contributed by atoms with E-state index in [4.69, 9.17) is 9.47 Å². The second-order valence-electron chi connectivity index (χ2n) is 6.90. The van der Waals surface area contributed by atoms with Gasteiger partial charge in [0.2, 0.25) is 0 Å². The molecule has 1 atom stereocenters. The van der Waals surface area contributed by atoms with Gasteiger partial charge in [0.15, 0.2) is 0 Å². The number of aromatic nitrogens is 1. The van der Waals surface area contributed by atoms with Gasteiger partial charge in [0.05, 0.1) is 22.8 Å². The molecule has 8 heteroatoms. The number of hydrogen-bond acceptors (Lipinski definition) is 7. The predicted octanol–water partition coefficient (Wildman–Crippen LogP) is 3.71. The van der Waals surface area contributed by atoms with Gasteiger partial charge in [-0.1, -0.05) is 24.3 Å². The number of nitrogens with zero attached hydrogens (tertiary/aromatic N) is 2. The fourth-order valence-corrected chi connectivity index (χ4v) is 3.35. The summed E-state index contributed by atoms with van der Waals surface area (Å²) in [5.41, 5.74) is 4.26. The predicted molar refractivity (Wildman–Crippen MR) is 111 cm³/mol. The Morgan fingerprint density at radius 2 is 2.03 bits per heavy atom. The molecule has 1 N–H and O–H groups in total. The zero-order chi connectivity index (χ0) is 21.7. The molecule has 1 aromatic heterocycles. The molecule has 2 aromatic rings. The van der Waals surface area contributed by atoms with Gasteiger partial charge in [-0.3, -0.25) is 15.1 Å². The van der Waals surface area contributed by atoms with Crippen molar-refractivity contribution in [3.8, 4) is 11.3 Å². The molecule has 0 radical (unpaired) electrons. The molecule has 0 fully saturated rings. The van der Waals surface area contributed by atoms with Crippen LogP contribution in [-0.4, -0.2) is 36.2 Å². The monoisotopic (exact) mass is 409 g/mol. The molecule has 0 amide bonds. The average Bonchev–Trinajstić information content (AvgIpc) is 2.73. The number of methoxy groups -OCH3 is 1. The van der Waals surface area contributed by atoms with Crippen LogP contribution in [0.1, 0.15) is 25.3 Å². The van der Waals surface area contributed by atoms with E-state index in [9.17, 15) is 14.9 Å². The number of nitrogens with one attached hydrogen (secondary N) is 1. The van der Waals surface area contributed by atoms with Crippen LogP contribution in [0.15, 0.2) is 65.6 Å². The smallest absolute Gasteiger partial charge is 0.336 e. The normalized spacial score (nSPS) is 16.0. The lowest BCUT2D eigenvalue weighted by Crippen LogP contribution is -2.26. The number of non-ortho nitro benzene ring substituents is 1. The topological polar surface area (TPSA) is 104 Å². The molecule has 1 unspecified atom stereocenters. The Morgan fingerprint density at radius 3 is 2.70 bits per heavy atom. The number of rotatable bonds is 7. The molecule has 1 aliphatic heterocycles. The number of allylic oxidation sites excluding steroid dienone is 3. The van der Waals surface area contributed by atoms with Crippen molar-refractivity contribution in [2.75, 3.05) is 20.3 Å². The number of esters is 1. The first-order valence-corrected chi connectivity index (χ1v) is 9.43. The van der Waals surface area contributed by atoms with E-state index in [0.717, 1.165) is 17.0 Å². The summed E-state index contributed by atoms with van der Waals surface area (Å²) in [6.45, 7) is 4.26. The number of carbonyl (C=O) groups is 1. The summed E-state index contributed by atoms with van der Waals surface area (Å²) in [6, 6.07) is 9.99. The first kappa shape index (κ1) is 21.2. The number of pyridine rings is 1. The van der Waals surface area contributed by atoms with E-state index < -0.39 is 10.9 Å². The molecule has 0 aliphatic carbocycles. The summed E-state index contributed by atoms with van der Waals surface area (Å²) >= 11 is 0. The van der Waals surface area contributed by atoms with Crippen LogP contribution in [-0.2, 0) is 14.3 Å². The summed E-state index contributed by atoms with van der Waals surface area (Å²) in [5, 5.41) is 14.2. The Bertz CT molecular complexity index is 1010. The minimum Gasteiger partial charge on any atom is -0.460 e. The van der Waals surface area contributed by atoms with Crippen LogP contribution in [0, 0.1) is 10.1 Å². The van der Waals surface area contributed by atoms with Gasteiger partial charge in [-0.2, -0.15) is 0 Å². The van der Waals surface area contributed by atoms with Crippen LogP contribution >= 0.6 is 0 Å². The number of benzene rings is 1. The molecule has 0 saturated heterocycles. The Balaban J connectivity index is 1.89. The SMILES string of the molecule is COCCOC(=O)C1=C(C)NC(C)=CC1c1ccc(-c2cccc([N+](=O)[O-])c2)nc1. The molecule has 156 valence electrons. The van der Waals surface area contributed by atoms with E-state index >= 15 is 0 Å². The molecule has 2 heterocycles. The highest BCUT2D eigenvalue weighted by Gasteiger charge is 2.28. The van der Waals surface area contributed by atoms with E-state index in [1.54, 1.807) is 31.5 Å². The van der Waals surface area contributed by atoms with Crippen LogP contribution in [0.4, 0.5) is 5.69 Å². The van der Waals surface area contributed by atoms with Crippen molar-refractivity contribution in [3.63, 3.8) is 0 Å². The third kappa shape index (κ3) is 4.72. The maximum absolute atomic E-state index is 12.7. The molecule has 3 rings (SSSR count). The van der Waals surface area contributed by atoms with Crippen LogP contribution in [0.25, 0.3) is 11.3 Å². The number of nitro benzene ring substituents is 1. The second kappa shape index (κ2) is 9.32. The summed E-state index contributed by atoms with van der Waals surface area (Å²) in [7, 11) is 1.55. The molecule has 1 aliphatic rings. The van der Waals surface area contributed by atoms with Crippen LogP contribution in [0.3, 0.4) is 0 Å². The molecule has 30 heavy (non-hydrogen) atoms. The minimum atomic E-state index is -0.435. The van der Waals surface area contributed by atoms with Crippen molar-refractivity contribution in [1.29, 1.82) is 0 Å². The van der Waals surface area contributed by atoms with Gasteiger partial charge < -0.3 is 14.8 Å². The van der Waals surface area contributed by atoms with Gasteiger partial charge in [-0.05, 0) is 25.5 Å². The summed E-state index contributed by atoms with van der Waals surface area (Å²) < 4.78 is 10.3. The van der Waals surface area contributed by atoms with Gasteiger partial charge in [0.1, 0.15) is 6.61 Å². The highest BCUT2D eigenvalue weighted by atomic mass is 16.6. The molecule has 0 bridgehead atoms. The summed E-state index contributed by atoms with van der Waals surface area (Å²) in [5.74, 6) is -0.721. The van der Waals surface area contributed by atoms with Crippen molar-refractivity contribution in [2.45, 2.75) is 19.8 Å². The maximum atomic E-state index is 12.7. The largest absolute Gasteiger partial charge is 0.460 e. The van der Waals surface area contributed by atoms with Gasteiger partial charge in [0, 0.05) is 48.3 Å². The van der Waals surface area contributed by atoms with E-state index in [1.807, 2.05) is 26.0 Å². The van der Waals surface area contributed by atoms with E-state index in [2.05, 4.69) is 10.3 Å². The van der Waals surface area contributed by atoms with E-state index in [0.29, 0.717) is 23.4 Å². The Labute approximate surface area is 174 Å². The maximum Gasteiger partial charge on any atom is 0.336 e. The van der Waals surface area contributed by atoms with E-state index in [1.165, 1.54) is 12.1 Å². The molecule has 0 spiro atoms. The minimum absolute atomic E-state index is 0.00920. The van der Waals surface area contributed by atoms with Crippen LogP contribution < -0.4 is 5.32 Å². The van der Waals surface area contributed by atoms with Gasteiger partial charge in [0.25, 0.3) is 5.69 Å². The Morgan fingerprint density at radius 1 is 1.23 bits per heavy atom. The lowest BCUT2D eigenvalue weighted by molar-refractivity contribution is -0.384. The Hall–Kier alpha value is -3.52. The number of carbonyl (C=O) groups excluding carboxylic acids is 1. The lowest BCUT2D eigenvalue weighted by atomic mass is 9.87. The molecule has 0 saturated carbocycles. The van der Waals surface area contributed by atoms with Crippen molar-refractivity contribution in [2.24, 2.45) is 0 Å². The third-order valence-corrected chi connectivity index (χ3v) is 4.76.